The van der Waals surface area contributed by atoms with Gasteiger partial charge in [0.2, 0.25) is 0 Å². The van der Waals surface area contributed by atoms with Gasteiger partial charge in [0.15, 0.2) is 5.17 Å². The Labute approximate surface area is 124 Å². The first kappa shape index (κ1) is 13.3. The molecule has 1 N–H and O–H groups in total. The van der Waals surface area contributed by atoms with Crippen molar-refractivity contribution in [3.63, 3.8) is 0 Å². The maximum atomic E-state index is 4.70. The minimum atomic E-state index is -0.222. The molecule has 0 spiro atoms. The molecule has 2 aromatic rings. The lowest BCUT2D eigenvalue weighted by Gasteiger charge is -2.31. The van der Waals surface area contributed by atoms with E-state index in [0.717, 1.165) is 17.5 Å². The van der Waals surface area contributed by atoms with Gasteiger partial charge in [-0.1, -0.05) is 79.3 Å². The molecule has 3 heteroatoms. The van der Waals surface area contributed by atoms with Gasteiger partial charge in [-0.25, -0.2) is 0 Å². The monoisotopic (exact) mass is 282 g/mol. The normalized spacial score (nSPS) is 16.6. The number of hydrogen-bond donors (Lipinski definition) is 1. The SMILES string of the molecule is CCSC1=NCC(c2ccccc2)(c2ccccc2)N1. The van der Waals surface area contributed by atoms with E-state index in [1.807, 2.05) is 0 Å². The molecule has 20 heavy (non-hydrogen) atoms. The number of benzene rings is 2. The lowest BCUT2D eigenvalue weighted by molar-refractivity contribution is 0.526. The molecular formula is C17H18N2S. The van der Waals surface area contributed by atoms with E-state index >= 15 is 0 Å². The summed E-state index contributed by atoms with van der Waals surface area (Å²) in [6.07, 6.45) is 0. The third kappa shape index (κ3) is 2.34. The molecule has 0 saturated carbocycles. The number of nitrogens with zero attached hydrogens (tertiary/aromatic N) is 1. The van der Waals surface area contributed by atoms with Crippen molar-refractivity contribution in [2.75, 3.05) is 12.3 Å². The summed E-state index contributed by atoms with van der Waals surface area (Å²) < 4.78 is 0. The summed E-state index contributed by atoms with van der Waals surface area (Å²) in [7, 11) is 0. The highest BCUT2D eigenvalue weighted by Gasteiger charge is 2.38. The van der Waals surface area contributed by atoms with Gasteiger partial charge in [0.25, 0.3) is 0 Å². The van der Waals surface area contributed by atoms with E-state index in [0.29, 0.717) is 0 Å². The van der Waals surface area contributed by atoms with Crippen LogP contribution < -0.4 is 5.32 Å². The number of amidine groups is 1. The molecular weight excluding hydrogens is 264 g/mol. The Kier molecular flexibility index (Phi) is 3.79. The van der Waals surface area contributed by atoms with Crippen LogP contribution in [0, 0.1) is 0 Å². The molecule has 0 aromatic heterocycles. The van der Waals surface area contributed by atoms with Crippen molar-refractivity contribution in [1.82, 2.24) is 5.32 Å². The Morgan fingerprint density at radius 1 is 1.00 bits per heavy atom. The van der Waals surface area contributed by atoms with E-state index in [9.17, 15) is 0 Å². The van der Waals surface area contributed by atoms with E-state index in [1.54, 1.807) is 11.8 Å². The summed E-state index contributed by atoms with van der Waals surface area (Å²) in [5.41, 5.74) is 2.31. The number of thioether (sulfide) groups is 1. The first-order valence-electron chi connectivity index (χ1n) is 6.91. The third-order valence-electron chi connectivity index (χ3n) is 3.59. The van der Waals surface area contributed by atoms with Crippen LogP contribution in [-0.2, 0) is 5.54 Å². The molecule has 0 aliphatic carbocycles. The van der Waals surface area contributed by atoms with Crippen molar-refractivity contribution in [2.24, 2.45) is 4.99 Å². The first-order chi connectivity index (χ1) is 9.85. The molecule has 0 saturated heterocycles. The van der Waals surface area contributed by atoms with Gasteiger partial charge in [-0.3, -0.25) is 4.99 Å². The molecule has 0 atom stereocenters. The fourth-order valence-electron chi connectivity index (χ4n) is 2.61. The van der Waals surface area contributed by atoms with Crippen molar-refractivity contribution in [2.45, 2.75) is 12.5 Å². The zero-order valence-electron chi connectivity index (χ0n) is 11.5. The molecule has 102 valence electrons. The predicted molar refractivity (Wildman–Crippen MR) is 87.2 cm³/mol. The molecule has 0 bridgehead atoms. The molecule has 0 unspecified atom stereocenters. The van der Waals surface area contributed by atoms with Crippen LogP contribution in [0.5, 0.6) is 0 Å². The van der Waals surface area contributed by atoms with Gasteiger partial charge in [0, 0.05) is 0 Å². The van der Waals surface area contributed by atoms with E-state index in [1.165, 1.54) is 11.1 Å². The van der Waals surface area contributed by atoms with Crippen LogP contribution in [0.25, 0.3) is 0 Å². The number of nitrogens with one attached hydrogen (secondary N) is 1. The zero-order chi connectivity index (χ0) is 13.8. The maximum absolute atomic E-state index is 4.70. The second kappa shape index (κ2) is 5.71. The van der Waals surface area contributed by atoms with Crippen LogP contribution >= 0.6 is 11.8 Å². The van der Waals surface area contributed by atoms with Gasteiger partial charge in [-0.2, -0.15) is 0 Å². The summed E-state index contributed by atoms with van der Waals surface area (Å²) in [5.74, 6) is 1.03. The van der Waals surface area contributed by atoms with Gasteiger partial charge in [0.05, 0.1) is 6.54 Å². The van der Waals surface area contributed by atoms with E-state index in [-0.39, 0.29) is 5.54 Å². The number of hydrogen-bond acceptors (Lipinski definition) is 3. The zero-order valence-corrected chi connectivity index (χ0v) is 12.4. The second-order valence-electron chi connectivity index (χ2n) is 4.82. The molecule has 1 aliphatic heterocycles. The second-order valence-corrected chi connectivity index (χ2v) is 6.07. The quantitative estimate of drug-likeness (QED) is 0.929. The highest BCUT2D eigenvalue weighted by Crippen LogP contribution is 2.34. The molecule has 0 radical (unpaired) electrons. The maximum Gasteiger partial charge on any atom is 0.157 e. The molecule has 1 heterocycles. The molecule has 3 rings (SSSR count). The average Bonchev–Trinajstić information content (AvgIpc) is 2.95. The molecule has 0 amide bonds. The molecule has 2 aromatic carbocycles. The standard InChI is InChI=1S/C17H18N2S/c1-2-20-16-18-13-17(19-16,14-9-5-3-6-10-14)15-11-7-4-8-12-15/h3-12H,2,13H2,1H3,(H,18,19). The van der Waals surface area contributed by atoms with E-state index < -0.39 is 0 Å². The van der Waals surface area contributed by atoms with Crippen LogP contribution in [0.3, 0.4) is 0 Å². The minimum Gasteiger partial charge on any atom is -0.350 e. The smallest absolute Gasteiger partial charge is 0.157 e. The fourth-order valence-corrected chi connectivity index (χ4v) is 3.29. The van der Waals surface area contributed by atoms with Crippen LogP contribution in [0.1, 0.15) is 18.1 Å². The third-order valence-corrected chi connectivity index (χ3v) is 4.39. The van der Waals surface area contributed by atoms with Crippen LogP contribution in [0.4, 0.5) is 0 Å². The highest BCUT2D eigenvalue weighted by molar-refractivity contribution is 8.13. The number of rotatable bonds is 3. The minimum absolute atomic E-state index is 0.222. The van der Waals surface area contributed by atoms with Crippen LogP contribution in [-0.4, -0.2) is 17.5 Å². The Morgan fingerprint density at radius 3 is 2.05 bits per heavy atom. The van der Waals surface area contributed by atoms with Crippen molar-refractivity contribution < 1.29 is 0 Å². The van der Waals surface area contributed by atoms with E-state index in [2.05, 4.69) is 72.9 Å². The Hall–Kier alpha value is -1.74. The topological polar surface area (TPSA) is 24.4 Å². The van der Waals surface area contributed by atoms with Crippen molar-refractivity contribution in [3.05, 3.63) is 71.8 Å². The van der Waals surface area contributed by atoms with Gasteiger partial charge in [-0.05, 0) is 16.9 Å². The summed E-state index contributed by atoms with van der Waals surface area (Å²) in [4.78, 5) is 4.70. The van der Waals surface area contributed by atoms with Gasteiger partial charge >= 0.3 is 0 Å². The molecule has 0 fully saturated rings. The first-order valence-corrected chi connectivity index (χ1v) is 7.90. The lowest BCUT2D eigenvalue weighted by atomic mass is 9.83. The Balaban J connectivity index is 2.03. The van der Waals surface area contributed by atoms with Gasteiger partial charge < -0.3 is 5.32 Å². The molecule has 2 nitrogen and oxygen atoms in total. The summed E-state index contributed by atoms with van der Waals surface area (Å²) in [6, 6.07) is 21.2. The average molecular weight is 282 g/mol. The fraction of sp³-hybridized carbons (Fsp3) is 0.235. The summed E-state index contributed by atoms with van der Waals surface area (Å²) in [5, 5.41) is 4.69. The van der Waals surface area contributed by atoms with Crippen LogP contribution in [0.2, 0.25) is 0 Å². The van der Waals surface area contributed by atoms with Crippen molar-refractivity contribution in [3.8, 4) is 0 Å². The van der Waals surface area contributed by atoms with Gasteiger partial charge in [0.1, 0.15) is 5.54 Å². The van der Waals surface area contributed by atoms with Gasteiger partial charge in [-0.15, -0.1) is 0 Å². The van der Waals surface area contributed by atoms with Crippen molar-refractivity contribution >= 4 is 16.9 Å². The summed E-state index contributed by atoms with van der Waals surface area (Å²) >= 11 is 1.77. The highest BCUT2D eigenvalue weighted by atomic mass is 32.2. The summed E-state index contributed by atoms with van der Waals surface area (Å²) in [6.45, 7) is 2.91. The lowest BCUT2D eigenvalue weighted by Crippen LogP contribution is -2.43. The van der Waals surface area contributed by atoms with E-state index in [4.69, 9.17) is 4.99 Å². The van der Waals surface area contributed by atoms with Crippen LogP contribution in [0.15, 0.2) is 65.7 Å². The van der Waals surface area contributed by atoms with Crippen molar-refractivity contribution in [1.29, 1.82) is 0 Å². The molecule has 1 aliphatic rings. The Bertz CT molecular complexity index is 553. The predicted octanol–water partition coefficient (Wildman–Crippen LogP) is 3.64. The number of aliphatic imine (C=N–C) groups is 1. The largest absolute Gasteiger partial charge is 0.350 e. The Morgan fingerprint density at radius 2 is 1.55 bits per heavy atom.